The van der Waals surface area contributed by atoms with Crippen molar-refractivity contribution in [2.45, 2.75) is 11.5 Å². The van der Waals surface area contributed by atoms with Crippen molar-refractivity contribution >= 4 is 17.3 Å². The summed E-state index contributed by atoms with van der Waals surface area (Å²) in [6, 6.07) is 25.3. The summed E-state index contributed by atoms with van der Waals surface area (Å²) < 4.78 is 6.27. The molecule has 2 aliphatic rings. The highest BCUT2D eigenvalue weighted by Crippen LogP contribution is 2.50. The van der Waals surface area contributed by atoms with E-state index in [1.54, 1.807) is 36.4 Å². The molecule has 0 saturated heterocycles. The first-order chi connectivity index (χ1) is 14.6. The van der Waals surface area contributed by atoms with Gasteiger partial charge in [0.25, 0.3) is 5.91 Å². The Kier molecular flexibility index (Phi) is 4.10. The van der Waals surface area contributed by atoms with Gasteiger partial charge in [-0.05, 0) is 18.2 Å². The molecule has 3 aromatic rings. The normalized spacial score (nSPS) is 22.0. The van der Waals surface area contributed by atoms with Crippen molar-refractivity contribution in [2.24, 2.45) is 5.10 Å². The Bertz CT molecular complexity index is 1160. The van der Waals surface area contributed by atoms with Crippen LogP contribution < -0.4 is 9.75 Å². The predicted molar refractivity (Wildman–Crippen MR) is 111 cm³/mol. The van der Waals surface area contributed by atoms with E-state index >= 15 is 0 Å². The topological polar surface area (TPSA) is 85.0 Å². The van der Waals surface area contributed by atoms with Crippen molar-refractivity contribution in [1.82, 2.24) is 0 Å². The molecule has 0 fully saturated rings. The summed E-state index contributed by atoms with van der Waals surface area (Å²) in [5.41, 5.74) is 0.673. The second-order valence-electron chi connectivity index (χ2n) is 7.21. The Labute approximate surface area is 172 Å². The lowest BCUT2D eigenvalue weighted by atomic mass is 9.78. The molecule has 1 spiro atoms. The molecule has 30 heavy (non-hydrogen) atoms. The van der Waals surface area contributed by atoms with Gasteiger partial charge in [-0.25, -0.2) is 0 Å². The van der Waals surface area contributed by atoms with Gasteiger partial charge in [-0.2, -0.15) is 10.1 Å². The average Bonchev–Trinajstić information content (AvgIpc) is 3.25. The first-order valence-electron chi connectivity index (χ1n) is 9.55. The SMILES string of the molecule is O=C1N(c2ccccc2)N=C(c2ccccc2)[C@@]12Oc1ccccc1[C@H]2C[N+](=O)[O-]. The molecule has 7 nitrogen and oxygen atoms in total. The molecule has 2 heterocycles. The van der Waals surface area contributed by atoms with E-state index in [-0.39, 0.29) is 0 Å². The summed E-state index contributed by atoms with van der Waals surface area (Å²) in [6.07, 6.45) is 0. The summed E-state index contributed by atoms with van der Waals surface area (Å²) >= 11 is 0. The Hall–Kier alpha value is -4.00. The van der Waals surface area contributed by atoms with E-state index in [0.29, 0.717) is 28.3 Å². The minimum atomic E-state index is -1.60. The molecule has 0 bridgehead atoms. The molecule has 0 aliphatic carbocycles. The third kappa shape index (κ3) is 2.59. The summed E-state index contributed by atoms with van der Waals surface area (Å²) in [4.78, 5) is 25.0. The van der Waals surface area contributed by atoms with Crippen LogP contribution in [0.3, 0.4) is 0 Å². The number of nitrogens with zero attached hydrogens (tertiary/aromatic N) is 3. The van der Waals surface area contributed by atoms with Gasteiger partial charge in [-0.3, -0.25) is 14.9 Å². The zero-order valence-electron chi connectivity index (χ0n) is 15.8. The van der Waals surface area contributed by atoms with Gasteiger partial charge in [-0.15, -0.1) is 0 Å². The number of anilines is 1. The minimum absolute atomic E-state index is 0.375. The van der Waals surface area contributed by atoms with Gasteiger partial charge >= 0.3 is 0 Å². The molecule has 0 aromatic heterocycles. The fourth-order valence-electron chi connectivity index (χ4n) is 4.20. The van der Waals surface area contributed by atoms with Crippen LogP contribution in [-0.2, 0) is 4.79 Å². The molecular weight excluding hydrogens is 382 g/mol. The van der Waals surface area contributed by atoms with E-state index in [1.165, 1.54) is 5.01 Å². The van der Waals surface area contributed by atoms with Crippen LogP contribution in [0.5, 0.6) is 5.75 Å². The van der Waals surface area contributed by atoms with Crippen LogP contribution in [0.4, 0.5) is 5.69 Å². The summed E-state index contributed by atoms with van der Waals surface area (Å²) in [6.45, 7) is -0.447. The zero-order valence-corrected chi connectivity index (χ0v) is 15.8. The molecule has 0 radical (unpaired) electrons. The highest BCUT2D eigenvalue weighted by atomic mass is 16.6. The highest BCUT2D eigenvalue weighted by molar-refractivity contribution is 6.29. The zero-order chi connectivity index (χ0) is 20.7. The fraction of sp³-hybridized carbons (Fsp3) is 0.130. The maximum atomic E-state index is 13.8. The van der Waals surface area contributed by atoms with E-state index in [9.17, 15) is 14.9 Å². The van der Waals surface area contributed by atoms with Crippen molar-refractivity contribution in [3.05, 3.63) is 106 Å². The van der Waals surface area contributed by atoms with Gasteiger partial charge in [0, 0.05) is 16.1 Å². The highest BCUT2D eigenvalue weighted by Gasteiger charge is 2.65. The lowest BCUT2D eigenvalue weighted by Gasteiger charge is -2.28. The van der Waals surface area contributed by atoms with Crippen LogP contribution in [0.25, 0.3) is 0 Å². The van der Waals surface area contributed by atoms with E-state index in [2.05, 4.69) is 5.10 Å². The number of nitro groups is 1. The second-order valence-corrected chi connectivity index (χ2v) is 7.21. The van der Waals surface area contributed by atoms with Gasteiger partial charge < -0.3 is 4.74 Å². The quantitative estimate of drug-likeness (QED) is 0.495. The van der Waals surface area contributed by atoms with Gasteiger partial charge in [-0.1, -0.05) is 66.7 Å². The first-order valence-corrected chi connectivity index (χ1v) is 9.55. The van der Waals surface area contributed by atoms with Crippen molar-refractivity contribution < 1.29 is 14.5 Å². The number of fused-ring (bicyclic) bond motifs is 1. The van der Waals surface area contributed by atoms with Gasteiger partial charge in [0.1, 0.15) is 17.4 Å². The predicted octanol–water partition coefficient (Wildman–Crippen LogP) is 3.63. The first kappa shape index (κ1) is 18.1. The number of amides is 1. The number of carbonyl (C=O) groups excluding carboxylic acids is 1. The molecular formula is C23H17N3O4. The van der Waals surface area contributed by atoms with Crippen molar-refractivity contribution in [3.63, 3.8) is 0 Å². The van der Waals surface area contributed by atoms with Crippen LogP contribution >= 0.6 is 0 Å². The monoisotopic (exact) mass is 399 g/mol. The summed E-state index contributed by atoms with van der Waals surface area (Å²) in [5, 5.41) is 17.5. The molecule has 0 saturated carbocycles. The van der Waals surface area contributed by atoms with Crippen LogP contribution in [0.15, 0.2) is 90.0 Å². The fourth-order valence-corrected chi connectivity index (χ4v) is 4.20. The van der Waals surface area contributed by atoms with Crippen molar-refractivity contribution in [3.8, 4) is 5.75 Å². The third-order valence-electron chi connectivity index (χ3n) is 5.50. The summed E-state index contributed by atoms with van der Waals surface area (Å²) in [5.74, 6) is -0.768. The van der Waals surface area contributed by atoms with Crippen LogP contribution in [0.1, 0.15) is 17.0 Å². The molecule has 3 aromatic carbocycles. The number of ether oxygens (including phenoxy) is 1. The second kappa shape index (κ2) is 6.81. The Morgan fingerprint density at radius 2 is 1.60 bits per heavy atom. The smallest absolute Gasteiger partial charge is 0.298 e. The number of hydrogen-bond donors (Lipinski definition) is 0. The van der Waals surface area contributed by atoms with Crippen LogP contribution in [-0.4, -0.2) is 28.7 Å². The van der Waals surface area contributed by atoms with E-state index in [1.807, 2.05) is 48.5 Å². The summed E-state index contributed by atoms with van der Waals surface area (Å²) in [7, 11) is 0. The van der Waals surface area contributed by atoms with Crippen LogP contribution in [0, 0.1) is 10.1 Å². The molecule has 148 valence electrons. The largest absolute Gasteiger partial charge is 0.470 e. The van der Waals surface area contributed by atoms with Gasteiger partial charge in [0.15, 0.2) is 0 Å². The number of carbonyl (C=O) groups is 1. The number of para-hydroxylation sites is 2. The van der Waals surface area contributed by atoms with Gasteiger partial charge in [0.2, 0.25) is 12.1 Å². The average molecular weight is 399 g/mol. The van der Waals surface area contributed by atoms with Crippen molar-refractivity contribution in [2.75, 3.05) is 11.6 Å². The molecule has 0 unspecified atom stereocenters. The van der Waals surface area contributed by atoms with Crippen LogP contribution in [0.2, 0.25) is 0 Å². The maximum Gasteiger partial charge on any atom is 0.298 e. The van der Waals surface area contributed by atoms with E-state index < -0.39 is 28.9 Å². The number of rotatable bonds is 4. The lowest BCUT2D eigenvalue weighted by Crippen LogP contribution is -2.54. The molecule has 2 aliphatic heterocycles. The molecule has 5 rings (SSSR count). The number of hydrogen-bond acceptors (Lipinski definition) is 5. The number of hydrazone groups is 1. The molecule has 7 heteroatoms. The van der Waals surface area contributed by atoms with Gasteiger partial charge in [0.05, 0.1) is 5.69 Å². The molecule has 1 amide bonds. The lowest BCUT2D eigenvalue weighted by molar-refractivity contribution is -0.484. The van der Waals surface area contributed by atoms with E-state index in [4.69, 9.17) is 4.74 Å². The Morgan fingerprint density at radius 1 is 0.967 bits per heavy atom. The Balaban J connectivity index is 1.73. The molecule has 0 N–H and O–H groups in total. The molecule has 2 atom stereocenters. The standard InChI is InChI=1S/C23H17N3O4/c27-22-23(19(15-25(28)29)18-13-7-8-14-20(18)30-23)21(16-9-3-1-4-10-16)24-26(22)17-11-5-2-6-12-17/h1-14,19H,15H2/t19-,23-/m1/s1. The number of benzene rings is 3. The van der Waals surface area contributed by atoms with Crippen molar-refractivity contribution in [1.29, 1.82) is 0 Å². The minimum Gasteiger partial charge on any atom is -0.470 e. The Morgan fingerprint density at radius 3 is 2.30 bits per heavy atom. The van der Waals surface area contributed by atoms with E-state index in [0.717, 1.165) is 0 Å². The third-order valence-corrected chi connectivity index (χ3v) is 5.50. The maximum absolute atomic E-state index is 13.8.